The average Bonchev–Trinajstić information content (AvgIpc) is 2.43. The van der Waals surface area contributed by atoms with Crippen LogP contribution in [0.4, 0.5) is 5.82 Å². The van der Waals surface area contributed by atoms with Gasteiger partial charge >= 0.3 is 0 Å². The molecule has 0 bridgehead atoms. The molecule has 0 saturated carbocycles. The smallest absolute Gasteiger partial charge is 0.266 e. The largest absolute Gasteiger partial charge is 0.505 e. The molecule has 2 rings (SSSR count). The van der Waals surface area contributed by atoms with E-state index in [0.29, 0.717) is 5.75 Å². The fourth-order valence-electron chi connectivity index (χ4n) is 1.50. The summed E-state index contributed by atoms with van der Waals surface area (Å²) in [5.41, 5.74) is 0. The third kappa shape index (κ3) is 3.49. The number of halogens is 2. The highest BCUT2D eigenvalue weighted by Gasteiger charge is 2.22. The molecule has 0 saturated heterocycles. The minimum Gasteiger partial charge on any atom is -0.505 e. The minimum atomic E-state index is -4.08. The number of hydrogen-bond acceptors (Lipinski definition) is 5. The third-order valence-electron chi connectivity index (χ3n) is 2.49. The van der Waals surface area contributed by atoms with Crippen LogP contribution in [0.25, 0.3) is 0 Å². The van der Waals surface area contributed by atoms with Gasteiger partial charge in [0.2, 0.25) is 0 Å². The van der Waals surface area contributed by atoms with E-state index in [-0.39, 0.29) is 15.9 Å². The van der Waals surface area contributed by atoms with E-state index in [1.807, 2.05) is 0 Å². The van der Waals surface area contributed by atoms with E-state index in [1.54, 1.807) is 0 Å². The number of aromatic hydroxyl groups is 1. The molecule has 0 aliphatic heterocycles. The lowest BCUT2D eigenvalue weighted by molar-refractivity contribution is 0.413. The van der Waals surface area contributed by atoms with Crippen LogP contribution in [0.2, 0.25) is 10.0 Å². The number of rotatable bonds is 4. The molecule has 0 atom stereocenters. The maximum atomic E-state index is 12.2. The zero-order chi connectivity index (χ0) is 15.6. The van der Waals surface area contributed by atoms with Crippen molar-refractivity contribution in [2.24, 2.45) is 0 Å². The lowest BCUT2D eigenvalue weighted by Gasteiger charge is -2.10. The van der Waals surface area contributed by atoms with E-state index >= 15 is 0 Å². The Balaban J connectivity index is 2.38. The van der Waals surface area contributed by atoms with Gasteiger partial charge in [0.05, 0.1) is 18.3 Å². The first-order chi connectivity index (χ1) is 9.83. The molecular weight excluding hydrogens is 339 g/mol. The molecule has 6 nitrogen and oxygen atoms in total. The molecule has 2 aromatic rings. The number of hydrogen-bond donors (Lipinski definition) is 2. The first kappa shape index (κ1) is 15.7. The van der Waals surface area contributed by atoms with Crippen LogP contribution >= 0.6 is 23.2 Å². The number of anilines is 1. The zero-order valence-electron chi connectivity index (χ0n) is 10.7. The van der Waals surface area contributed by atoms with Gasteiger partial charge in [-0.15, -0.1) is 0 Å². The van der Waals surface area contributed by atoms with Crippen molar-refractivity contribution >= 4 is 39.0 Å². The molecule has 112 valence electrons. The molecule has 0 fully saturated rings. The number of benzene rings is 1. The topological polar surface area (TPSA) is 88.5 Å². The lowest BCUT2D eigenvalue weighted by atomic mass is 10.3. The summed E-state index contributed by atoms with van der Waals surface area (Å²) in [5.74, 6) is -0.0417. The van der Waals surface area contributed by atoms with E-state index < -0.39 is 20.7 Å². The van der Waals surface area contributed by atoms with Crippen molar-refractivity contribution in [1.29, 1.82) is 0 Å². The molecule has 1 aromatic carbocycles. The highest BCUT2D eigenvalue weighted by molar-refractivity contribution is 7.92. The molecule has 0 aliphatic carbocycles. The Morgan fingerprint density at radius 2 is 2.00 bits per heavy atom. The molecule has 0 aliphatic rings. The molecule has 0 unspecified atom stereocenters. The van der Waals surface area contributed by atoms with Gasteiger partial charge in [-0.3, -0.25) is 4.72 Å². The number of phenolic OH excluding ortho intramolecular Hbond substituents is 1. The zero-order valence-corrected chi connectivity index (χ0v) is 13.0. The number of pyridine rings is 1. The standard InChI is InChI=1S/C12H10Cl2N2O4S/c1-20-8-2-3-11(15-6-8)16-21(18,19)10-5-7(13)4-9(14)12(10)17/h2-6,17H,1H3,(H,15,16). The molecule has 2 N–H and O–H groups in total. The molecule has 0 amide bonds. The maximum absolute atomic E-state index is 12.2. The molecule has 21 heavy (non-hydrogen) atoms. The summed E-state index contributed by atoms with van der Waals surface area (Å²) < 4.78 is 31.6. The number of nitrogens with zero attached hydrogens (tertiary/aromatic N) is 1. The van der Waals surface area contributed by atoms with Crippen molar-refractivity contribution in [2.75, 3.05) is 11.8 Å². The van der Waals surface area contributed by atoms with Crippen LogP contribution in [0.1, 0.15) is 0 Å². The Morgan fingerprint density at radius 1 is 1.29 bits per heavy atom. The van der Waals surface area contributed by atoms with Crippen molar-refractivity contribution in [3.8, 4) is 11.5 Å². The minimum absolute atomic E-state index is 0.0614. The van der Waals surface area contributed by atoms with Crippen LogP contribution in [-0.4, -0.2) is 25.6 Å². The van der Waals surface area contributed by atoms with E-state index in [0.717, 1.165) is 6.07 Å². The van der Waals surface area contributed by atoms with Crippen LogP contribution in [0.5, 0.6) is 11.5 Å². The van der Waals surface area contributed by atoms with Crippen molar-refractivity contribution in [3.05, 3.63) is 40.5 Å². The molecular formula is C12H10Cl2N2O4S. The lowest BCUT2D eigenvalue weighted by Crippen LogP contribution is -2.14. The van der Waals surface area contributed by atoms with Gasteiger partial charge in [0.1, 0.15) is 16.5 Å². The Morgan fingerprint density at radius 3 is 2.57 bits per heavy atom. The number of aromatic nitrogens is 1. The van der Waals surface area contributed by atoms with Gasteiger partial charge in [-0.25, -0.2) is 13.4 Å². The molecule has 1 aromatic heterocycles. The first-order valence-corrected chi connectivity index (χ1v) is 7.78. The molecule has 0 spiro atoms. The molecule has 9 heteroatoms. The van der Waals surface area contributed by atoms with E-state index in [4.69, 9.17) is 27.9 Å². The van der Waals surface area contributed by atoms with Gasteiger partial charge in [0, 0.05) is 5.02 Å². The van der Waals surface area contributed by atoms with Crippen molar-refractivity contribution in [3.63, 3.8) is 0 Å². The van der Waals surface area contributed by atoms with Crippen LogP contribution in [0.3, 0.4) is 0 Å². The van der Waals surface area contributed by atoms with E-state index in [9.17, 15) is 13.5 Å². The van der Waals surface area contributed by atoms with E-state index in [1.165, 1.54) is 31.5 Å². The summed E-state index contributed by atoms with van der Waals surface area (Å²) in [6, 6.07) is 5.28. The summed E-state index contributed by atoms with van der Waals surface area (Å²) in [4.78, 5) is 3.44. The van der Waals surface area contributed by atoms with Crippen molar-refractivity contribution < 1.29 is 18.3 Å². The predicted octanol–water partition coefficient (Wildman–Crippen LogP) is 2.90. The summed E-state index contributed by atoms with van der Waals surface area (Å²) >= 11 is 11.5. The van der Waals surface area contributed by atoms with Gasteiger partial charge in [-0.1, -0.05) is 23.2 Å². The maximum Gasteiger partial charge on any atom is 0.266 e. The van der Waals surface area contributed by atoms with Crippen LogP contribution in [0.15, 0.2) is 35.4 Å². The van der Waals surface area contributed by atoms with Crippen molar-refractivity contribution in [2.45, 2.75) is 4.90 Å². The second-order valence-corrected chi connectivity index (χ2v) is 6.42. The van der Waals surface area contributed by atoms with Gasteiger partial charge in [-0.05, 0) is 24.3 Å². The second kappa shape index (κ2) is 5.97. The molecule has 1 heterocycles. The number of ether oxygens (including phenoxy) is 1. The highest BCUT2D eigenvalue weighted by Crippen LogP contribution is 2.34. The SMILES string of the molecule is COc1ccc(NS(=O)(=O)c2cc(Cl)cc(Cl)c2O)nc1. The second-order valence-electron chi connectivity index (χ2n) is 3.92. The van der Waals surface area contributed by atoms with Crippen LogP contribution in [0, 0.1) is 0 Å². The van der Waals surface area contributed by atoms with Crippen molar-refractivity contribution in [1.82, 2.24) is 4.98 Å². The quantitative estimate of drug-likeness (QED) is 0.886. The third-order valence-corrected chi connectivity index (χ3v) is 4.37. The number of methoxy groups -OCH3 is 1. The normalized spacial score (nSPS) is 11.2. The van der Waals surface area contributed by atoms with Gasteiger partial charge in [0.25, 0.3) is 10.0 Å². The summed E-state index contributed by atoms with van der Waals surface area (Å²) in [5, 5.41) is 9.69. The average molecular weight is 349 g/mol. The summed E-state index contributed by atoms with van der Waals surface area (Å²) in [6.07, 6.45) is 1.35. The Bertz CT molecular complexity index is 764. The Labute approximate surface area is 131 Å². The van der Waals surface area contributed by atoms with Gasteiger partial charge in [-0.2, -0.15) is 0 Å². The van der Waals surface area contributed by atoms with Gasteiger partial charge < -0.3 is 9.84 Å². The fourth-order valence-corrected chi connectivity index (χ4v) is 3.27. The summed E-state index contributed by atoms with van der Waals surface area (Å²) in [6.45, 7) is 0. The number of nitrogens with one attached hydrogen (secondary N) is 1. The first-order valence-electron chi connectivity index (χ1n) is 5.54. The Kier molecular flexibility index (Phi) is 4.46. The Hall–Kier alpha value is -1.70. The fraction of sp³-hybridized carbons (Fsp3) is 0.0833. The predicted molar refractivity (Wildman–Crippen MR) is 79.7 cm³/mol. The number of phenols is 1. The number of sulfonamides is 1. The van der Waals surface area contributed by atoms with Gasteiger partial charge in [0.15, 0.2) is 5.75 Å². The summed E-state index contributed by atoms with van der Waals surface area (Å²) in [7, 11) is -2.62. The molecule has 0 radical (unpaired) electrons. The van der Waals surface area contributed by atoms with Crippen LogP contribution < -0.4 is 9.46 Å². The van der Waals surface area contributed by atoms with E-state index in [2.05, 4.69) is 9.71 Å². The van der Waals surface area contributed by atoms with Crippen LogP contribution in [-0.2, 0) is 10.0 Å². The highest BCUT2D eigenvalue weighted by atomic mass is 35.5. The monoisotopic (exact) mass is 348 g/mol.